The molecule has 0 aliphatic heterocycles. The van der Waals surface area contributed by atoms with Crippen LogP contribution in [0.25, 0.3) is 56.2 Å². The van der Waals surface area contributed by atoms with Crippen LogP contribution >= 0.6 is 11.6 Å². The molecule has 37 heavy (non-hydrogen) atoms. The topological polar surface area (TPSA) is 25.8 Å². The molecule has 3 heteroatoms. The minimum Gasteiger partial charge on any atom is -0.228 e. The maximum atomic E-state index is 6.07. The first-order valence-electron chi connectivity index (χ1n) is 12.2. The van der Waals surface area contributed by atoms with Gasteiger partial charge in [0, 0.05) is 21.7 Å². The van der Waals surface area contributed by atoms with Gasteiger partial charge in [-0.2, -0.15) is 0 Å². The average molecular weight is 495 g/mol. The van der Waals surface area contributed by atoms with Gasteiger partial charge in [-0.1, -0.05) is 127 Å². The maximum absolute atomic E-state index is 6.07. The molecule has 0 atom stereocenters. The van der Waals surface area contributed by atoms with Crippen LogP contribution in [0.2, 0.25) is 5.02 Å². The molecule has 0 N–H and O–H groups in total. The van der Waals surface area contributed by atoms with Crippen molar-refractivity contribution in [3.8, 4) is 56.2 Å². The van der Waals surface area contributed by atoms with Gasteiger partial charge in [0.25, 0.3) is 0 Å². The van der Waals surface area contributed by atoms with E-state index in [9.17, 15) is 0 Å². The van der Waals surface area contributed by atoms with Gasteiger partial charge in [0.05, 0.1) is 11.4 Å². The van der Waals surface area contributed by atoms with Gasteiger partial charge in [-0.25, -0.2) is 9.97 Å². The predicted octanol–water partition coefficient (Wildman–Crippen LogP) is 9.46. The molecule has 6 aromatic rings. The van der Waals surface area contributed by atoms with E-state index < -0.39 is 0 Å². The highest BCUT2D eigenvalue weighted by Gasteiger charge is 2.11. The SMILES string of the molecule is Clc1ccc(-c2cccc(-c3ccc(-c4cc(-c5ccccc5)nc(-c5ccccc5)n4)cc3)c2)cc1. The van der Waals surface area contributed by atoms with Crippen molar-refractivity contribution < 1.29 is 0 Å². The number of hydrogen-bond donors (Lipinski definition) is 0. The standard InChI is InChI=1S/C34H23ClN2/c35-31-20-18-25(19-21-31)30-13-7-12-29(22-30)24-14-16-27(17-15-24)33-23-32(26-8-3-1-4-9-26)36-34(37-33)28-10-5-2-6-11-28/h1-23H. The van der Waals surface area contributed by atoms with E-state index in [1.807, 2.05) is 72.8 Å². The Kier molecular flexibility index (Phi) is 6.33. The zero-order valence-electron chi connectivity index (χ0n) is 20.1. The molecular formula is C34H23ClN2. The lowest BCUT2D eigenvalue weighted by Crippen LogP contribution is -1.95. The molecule has 0 aliphatic rings. The Morgan fingerprint density at radius 1 is 0.351 bits per heavy atom. The maximum Gasteiger partial charge on any atom is 0.160 e. The molecule has 0 spiro atoms. The van der Waals surface area contributed by atoms with E-state index in [1.54, 1.807) is 0 Å². The van der Waals surface area contributed by atoms with Crippen LogP contribution < -0.4 is 0 Å². The first-order valence-corrected chi connectivity index (χ1v) is 12.6. The Morgan fingerprint density at radius 3 is 1.35 bits per heavy atom. The minimum absolute atomic E-state index is 0.719. The van der Waals surface area contributed by atoms with E-state index in [4.69, 9.17) is 21.6 Å². The summed E-state index contributed by atoms with van der Waals surface area (Å²) in [5, 5.41) is 0.742. The Bertz CT molecular complexity index is 1590. The van der Waals surface area contributed by atoms with Crippen LogP contribution in [0.1, 0.15) is 0 Å². The van der Waals surface area contributed by atoms with E-state index in [0.717, 1.165) is 61.2 Å². The lowest BCUT2D eigenvalue weighted by Gasteiger charge is -2.10. The fourth-order valence-corrected chi connectivity index (χ4v) is 4.55. The highest BCUT2D eigenvalue weighted by atomic mass is 35.5. The third-order valence-electron chi connectivity index (χ3n) is 6.38. The number of aromatic nitrogens is 2. The highest BCUT2D eigenvalue weighted by molar-refractivity contribution is 6.30. The van der Waals surface area contributed by atoms with Crippen molar-refractivity contribution in [2.24, 2.45) is 0 Å². The quantitative estimate of drug-likeness (QED) is 0.238. The molecular weight excluding hydrogens is 472 g/mol. The van der Waals surface area contributed by atoms with Crippen molar-refractivity contribution in [2.75, 3.05) is 0 Å². The van der Waals surface area contributed by atoms with Gasteiger partial charge in [-0.05, 0) is 46.5 Å². The smallest absolute Gasteiger partial charge is 0.160 e. The molecule has 0 unspecified atom stereocenters. The summed E-state index contributed by atoms with van der Waals surface area (Å²) in [6.07, 6.45) is 0. The highest BCUT2D eigenvalue weighted by Crippen LogP contribution is 2.31. The largest absolute Gasteiger partial charge is 0.228 e. The summed E-state index contributed by atoms with van der Waals surface area (Å²) in [6, 6.07) is 47.5. The van der Waals surface area contributed by atoms with Gasteiger partial charge < -0.3 is 0 Å². The second-order valence-electron chi connectivity index (χ2n) is 8.86. The average Bonchev–Trinajstić information content (AvgIpc) is 2.98. The molecule has 0 radical (unpaired) electrons. The number of nitrogens with zero attached hydrogens (tertiary/aromatic N) is 2. The summed E-state index contributed by atoms with van der Waals surface area (Å²) in [5.74, 6) is 0.719. The van der Waals surface area contributed by atoms with Crippen LogP contribution in [0.4, 0.5) is 0 Å². The van der Waals surface area contributed by atoms with E-state index in [1.165, 1.54) is 0 Å². The number of halogens is 1. The Balaban J connectivity index is 1.37. The van der Waals surface area contributed by atoms with Crippen LogP contribution in [0.15, 0.2) is 140 Å². The normalized spacial score (nSPS) is 10.8. The molecule has 0 amide bonds. The van der Waals surface area contributed by atoms with Gasteiger partial charge in [0.1, 0.15) is 0 Å². The van der Waals surface area contributed by atoms with Crippen molar-refractivity contribution >= 4 is 11.6 Å². The van der Waals surface area contributed by atoms with Crippen molar-refractivity contribution in [1.82, 2.24) is 9.97 Å². The van der Waals surface area contributed by atoms with Gasteiger partial charge in [-0.15, -0.1) is 0 Å². The molecule has 0 bridgehead atoms. The Labute approximate surface area is 221 Å². The zero-order valence-corrected chi connectivity index (χ0v) is 20.8. The molecule has 6 rings (SSSR count). The molecule has 5 aromatic carbocycles. The van der Waals surface area contributed by atoms with Crippen LogP contribution in [0.5, 0.6) is 0 Å². The fourth-order valence-electron chi connectivity index (χ4n) is 4.42. The molecule has 0 saturated carbocycles. The third kappa shape index (κ3) is 5.06. The van der Waals surface area contributed by atoms with Gasteiger partial charge >= 0.3 is 0 Å². The lowest BCUT2D eigenvalue weighted by molar-refractivity contribution is 1.18. The Hall–Kier alpha value is -4.53. The van der Waals surface area contributed by atoms with Crippen LogP contribution in [0.3, 0.4) is 0 Å². The van der Waals surface area contributed by atoms with Crippen molar-refractivity contribution in [1.29, 1.82) is 0 Å². The van der Waals surface area contributed by atoms with Crippen molar-refractivity contribution in [3.63, 3.8) is 0 Å². The van der Waals surface area contributed by atoms with E-state index >= 15 is 0 Å². The predicted molar refractivity (Wildman–Crippen MR) is 154 cm³/mol. The summed E-state index contributed by atoms with van der Waals surface area (Å²) in [4.78, 5) is 9.83. The van der Waals surface area contributed by atoms with Crippen LogP contribution in [0, 0.1) is 0 Å². The van der Waals surface area contributed by atoms with E-state index in [0.29, 0.717) is 0 Å². The van der Waals surface area contributed by atoms with Crippen molar-refractivity contribution in [3.05, 3.63) is 145 Å². The van der Waals surface area contributed by atoms with Gasteiger partial charge in [0.2, 0.25) is 0 Å². The van der Waals surface area contributed by atoms with Crippen molar-refractivity contribution in [2.45, 2.75) is 0 Å². The van der Waals surface area contributed by atoms with E-state index in [2.05, 4.69) is 66.7 Å². The second kappa shape index (κ2) is 10.2. The molecule has 0 aliphatic carbocycles. The number of hydrogen-bond acceptors (Lipinski definition) is 2. The Morgan fingerprint density at radius 2 is 0.784 bits per heavy atom. The van der Waals surface area contributed by atoms with Gasteiger partial charge in [0.15, 0.2) is 5.82 Å². The van der Waals surface area contributed by atoms with E-state index in [-0.39, 0.29) is 0 Å². The summed E-state index contributed by atoms with van der Waals surface area (Å²) < 4.78 is 0. The summed E-state index contributed by atoms with van der Waals surface area (Å²) in [5.41, 5.74) is 9.54. The first-order chi connectivity index (χ1) is 18.2. The summed E-state index contributed by atoms with van der Waals surface area (Å²) in [7, 11) is 0. The molecule has 0 fully saturated rings. The molecule has 1 heterocycles. The third-order valence-corrected chi connectivity index (χ3v) is 6.63. The minimum atomic E-state index is 0.719. The van der Waals surface area contributed by atoms with Crippen LogP contribution in [-0.4, -0.2) is 9.97 Å². The van der Waals surface area contributed by atoms with Crippen LogP contribution in [-0.2, 0) is 0 Å². The summed E-state index contributed by atoms with van der Waals surface area (Å²) >= 11 is 6.07. The fraction of sp³-hybridized carbons (Fsp3) is 0. The number of benzene rings is 5. The molecule has 176 valence electrons. The number of rotatable bonds is 5. The van der Waals surface area contributed by atoms with Gasteiger partial charge in [-0.3, -0.25) is 0 Å². The zero-order chi connectivity index (χ0) is 25.0. The second-order valence-corrected chi connectivity index (χ2v) is 9.30. The first kappa shape index (κ1) is 22.9. The molecule has 0 saturated heterocycles. The monoisotopic (exact) mass is 494 g/mol. The lowest BCUT2D eigenvalue weighted by atomic mass is 9.98. The summed E-state index contributed by atoms with van der Waals surface area (Å²) in [6.45, 7) is 0. The molecule has 2 nitrogen and oxygen atoms in total. The molecule has 1 aromatic heterocycles.